The Morgan fingerprint density at radius 1 is 1.64 bits per heavy atom. The predicted molar refractivity (Wildman–Crippen MR) is 48.6 cm³/mol. The van der Waals surface area contributed by atoms with Gasteiger partial charge in [-0.25, -0.2) is 8.42 Å². The van der Waals surface area contributed by atoms with Crippen molar-refractivity contribution in [2.24, 2.45) is 11.7 Å². The number of nitrogens with two attached hydrogens (primary N) is 1. The molecule has 1 aliphatic heterocycles. The van der Waals surface area contributed by atoms with E-state index in [1.165, 1.54) is 0 Å². The summed E-state index contributed by atoms with van der Waals surface area (Å²) in [5, 5.41) is 0. The van der Waals surface area contributed by atoms with Gasteiger partial charge in [0, 0.05) is 11.8 Å². The monoisotopic (exact) mass is 195 g/mol. The molecule has 0 aromatic rings. The lowest BCUT2D eigenvalue weighted by atomic mass is 10.0. The highest BCUT2D eigenvalue weighted by Crippen LogP contribution is 2.20. The van der Waals surface area contributed by atoms with E-state index in [2.05, 4.69) is 12.6 Å². The van der Waals surface area contributed by atoms with Crippen molar-refractivity contribution in [3.63, 3.8) is 0 Å². The third-order valence-electron chi connectivity index (χ3n) is 2.08. The van der Waals surface area contributed by atoms with Gasteiger partial charge in [-0.1, -0.05) is 0 Å². The Hall–Kier alpha value is 0.260. The Morgan fingerprint density at radius 3 is 2.64 bits per heavy atom. The molecule has 5 heteroatoms. The fourth-order valence-electron chi connectivity index (χ4n) is 1.31. The van der Waals surface area contributed by atoms with Crippen LogP contribution in [-0.2, 0) is 9.84 Å². The molecule has 0 amide bonds. The maximum absolute atomic E-state index is 11.0. The summed E-state index contributed by atoms with van der Waals surface area (Å²) in [4.78, 5) is 0. The molecule has 0 aromatic heterocycles. The van der Waals surface area contributed by atoms with Crippen molar-refractivity contribution >= 4 is 22.5 Å². The molecule has 0 radical (unpaired) electrons. The quantitative estimate of drug-likeness (QED) is 0.594. The van der Waals surface area contributed by atoms with Gasteiger partial charge in [0.1, 0.15) is 0 Å². The van der Waals surface area contributed by atoms with Crippen molar-refractivity contribution < 1.29 is 8.42 Å². The smallest absolute Gasteiger partial charge is 0.150 e. The van der Waals surface area contributed by atoms with Gasteiger partial charge in [0.05, 0.1) is 11.5 Å². The van der Waals surface area contributed by atoms with Gasteiger partial charge in [0.15, 0.2) is 9.84 Å². The molecule has 2 N–H and O–H groups in total. The number of sulfone groups is 1. The summed E-state index contributed by atoms with van der Waals surface area (Å²) < 4.78 is 22.0. The van der Waals surface area contributed by atoms with Gasteiger partial charge in [-0.05, 0) is 12.3 Å². The summed E-state index contributed by atoms with van der Waals surface area (Å²) in [6.45, 7) is 0. The van der Waals surface area contributed by atoms with E-state index in [4.69, 9.17) is 5.73 Å². The molecule has 1 heterocycles. The van der Waals surface area contributed by atoms with Crippen LogP contribution in [0.4, 0.5) is 0 Å². The first kappa shape index (κ1) is 9.35. The second-order valence-corrected chi connectivity index (χ2v) is 5.60. The summed E-state index contributed by atoms with van der Waals surface area (Å²) in [5.74, 6) is 1.27. The normalized spacial score (nSPS) is 32.0. The average Bonchev–Trinajstić information content (AvgIpc) is 2.29. The Bertz CT molecular complexity index is 225. The summed E-state index contributed by atoms with van der Waals surface area (Å²) in [6.07, 6.45) is 0.712. The first-order valence-corrected chi connectivity index (χ1v) is 6.07. The molecule has 2 atom stereocenters. The summed E-state index contributed by atoms with van der Waals surface area (Å²) in [5.41, 5.74) is 5.66. The van der Waals surface area contributed by atoms with Crippen molar-refractivity contribution in [2.75, 3.05) is 17.3 Å². The van der Waals surface area contributed by atoms with Crippen molar-refractivity contribution in [3.8, 4) is 0 Å². The topological polar surface area (TPSA) is 60.2 Å². The Kier molecular flexibility index (Phi) is 2.83. The predicted octanol–water partition coefficient (Wildman–Crippen LogP) is -0.322. The molecular formula is C6H13NO2S2. The lowest BCUT2D eigenvalue weighted by molar-refractivity contribution is 0.500. The fraction of sp³-hybridized carbons (Fsp3) is 1.00. The van der Waals surface area contributed by atoms with E-state index in [0.29, 0.717) is 17.9 Å². The molecule has 1 aliphatic rings. The van der Waals surface area contributed by atoms with Gasteiger partial charge in [0.25, 0.3) is 0 Å². The third-order valence-corrected chi connectivity index (χ3v) is 4.30. The zero-order valence-electron chi connectivity index (χ0n) is 6.23. The maximum atomic E-state index is 11.0. The zero-order chi connectivity index (χ0) is 8.48. The highest BCUT2D eigenvalue weighted by Gasteiger charge is 2.31. The van der Waals surface area contributed by atoms with E-state index in [-0.39, 0.29) is 17.7 Å². The Morgan fingerprint density at radius 2 is 2.27 bits per heavy atom. The molecule has 0 aromatic carbocycles. The van der Waals surface area contributed by atoms with Crippen LogP contribution in [0.5, 0.6) is 0 Å². The van der Waals surface area contributed by atoms with Crippen LogP contribution >= 0.6 is 12.6 Å². The van der Waals surface area contributed by atoms with Gasteiger partial charge in [0.2, 0.25) is 0 Å². The van der Waals surface area contributed by atoms with Crippen molar-refractivity contribution in [1.82, 2.24) is 0 Å². The van der Waals surface area contributed by atoms with Crippen molar-refractivity contribution in [3.05, 3.63) is 0 Å². The second kappa shape index (κ2) is 3.33. The molecule has 66 valence electrons. The summed E-state index contributed by atoms with van der Waals surface area (Å²) in [6, 6.07) is -0.0596. The zero-order valence-corrected chi connectivity index (χ0v) is 7.94. The minimum absolute atomic E-state index is 0.0596. The van der Waals surface area contributed by atoms with Crippen molar-refractivity contribution in [2.45, 2.75) is 12.5 Å². The molecule has 2 unspecified atom stereocenters. The highest BCUT2D eigenvalue weighted by atomic mass is 32.2. The molecule has 0 spiro atoms. The number of hydrogen-bond donors (Lipinski definition) is 2. The number of rotatable bonds is 2. The SMILES string of the molecule is NC(CS)C1CCS(=O)(=O)C1. The maximum Gasteiger partial charge on any atom is 0.150 e. The van der Waals surface area contributed by atoms with E-state index < -0.39 is 9.84 Å². The lowest BCUT2D eigenvalue weighted by Crippen LogP contribution is -2.32. The molecule has 1 saturated heterocycles. The Labute approximate surface area is 72.7 Å². The standard InChI is InChI=1S/C6H13NO2S2/c7-6(3-10)5-1-2-11(8,9)4-5/h5-6,10H,1-4,7H2. The number of hydrogen-bond acceptors (Lipinski definition) is 4. The molecule has 0 saturated carbocycles. The van der Waals surface area contributed by atoms with E-state index >= 15 is 0 Å². The minimum Gasteiger partial charge on any atom is -0.327 e. The third kappa shape index (κ3) is 2.35. The van der Waals surface area contributed by atoms with Crippen LogP contribution in [0.25, 0.3) is 0 Å². The lowest BCUT2D eigenvalue weighted by Gasteiger charge is -2.13. The fourth-order valence-corrected chi connectivity index (χ4v) is 3.50. The van der Waals surface area contributed by atoms with Gasteiger partial charge in [-0.15, -0.1) is 0 Å². The molecule has 1 rings (SSSR count). The van der Waals surface area contributed by atoms with Crippen LogP contribution in [-0.4, -0.2) is 31.7 Å². The van der Waals surface area contributed by atoms with Gasteiger partial charge in [-0.3, -0.25) is 0 Å². The summed E-state index contributed by atoms with van der Waals surface area (Å²) >= 11 is 4.03. The van der Waals surface area contributed by atoms with Crippen LogP contribution in [0.15, 0.2) is 0 Å². The second-order valence-electron chi connectivity index (χ2n) is 3.01. The van der Waals surface area contributed by atoms with Crippen LogP contribution < -0.4 is 5.73 Å². The van der Waals surface area contributed by atoms with E-state index in [0.717, 1.165) is 0 Å². The molecule has 0 bridgehead atoms. The summed E-state index contributed by atoms with van der Waals surface area (Å²) in [7, 11) is -2.76. The van der Waals surface area contributed by atoms with Crippen LogP contribution in [0.2, 0.25) is 0 Å². The largest absolute Gasteiger partial charge is 0.327 e. The highest BCUT2D eigenvalue weighted by molar-refractivity contribution is 7.91. The molecular weight excluding hydrogens is 182 g/mol. The van der Waals surface area contributed by atoms with Crippen LogP contribution in [0.1, 0.15) is 6.42 Å². The first-order chi connectivity index (χ1) is 5.05. The number of thiol groups is 1. The van der Waals surface area contributed by atoms with Crippen LogP contribution in [0.3, 0.4) is 0 Å². The van der Waals surface area contributed by atoms with E-state index in [1.807, 2.05) is 0 Å². The molecule has 1 fully saturated rings. The van der Waals surface area contributed by atoms with Crippen LogP contribution in [0, 0.1) is 5.92 Å². The van der Waals surface area contributed by atoms with Gasteiger partial charge >= 0.3 is 0 Å². The van der Waals surface area contributed by atoms with E-state index in [1.54, 1.807) is 0 Å². The molecule has 11 heavy (non-hydrogen) atoms. The average molecular weight is 195 g/mol. The molecule has 3 nitrogen and oxygen atoms in total. The Balaban J connectivity index is 2.55. The van der Waals surface area contributed by atoms with Gasteiger partial charge in [-0.2, -0.15) is 12.6 Å². The molecule has 0 aliphatic carbocycles. The van der Waals surface area contributed by atoms with Crippen molar-refractivity contribution in [1.29, 1.82) is 0 Å². The minimum atomic E-state index is -2.76. The van der Waals surface area contributed by atoms with E-state index in [9.17, 15) is 8.42 Å². The first-order valence-electron chi connectivity index (χ1n) is 3.62. The van der Waals surface area contributed by atoms with Gasteiger partial charge < -0.3 is 5.73 Å².